The number of anilines is 6. The van der Waals surface area contributed by atoms with Gasteiger partial charge in [-0.15, -0.1) is 11.3 Å². The molecule has 0 N–H and O–H groups in total. The molecule has 5 heteroatoms. The molecule has 0 saturated carbocycles. The van der Waals surface area contributed by atoms with E-state index in [1.54, 1.807) is 0 Å². The van der Waals surface area contributed by atoms with Gasteiger partial charge in [0.05, 0.1) is 11.4 Å². The number of fused-ring (bicyclic) bond motifs is 10. The summed E-state index contributed by atoms with van der Waals surface area (Å²) in [5.41, 5.74) is 25.2. The Labute approximate surface area is 492 Å². The fourth-order valence-corrected chi connectivity index (χ4v) is 14.4. The van der Waals surface area contributed by atoms with Crippen LogP contribution in [0.25, 0.3) is 86.6 Å². The largest absolute Gasteiger partial charge is 0.456 e. The third-order valence-electron chi connectivity index (χ3n) is 17.7. The van der Waals surface area contributed by atoms with Crippen LogP contribution in [-0.4, -0.2) is 6.71 Å². The molecule has 402 valence electrons. The summed E-state index contributed by atoms with van der Waals surface area (Å²) in [6.07, 6.45) is 0. The molecule has 0 amide bonds. The molecule has 0 atom stereocenters. The Morgan fingerprint density at radius 3 is 1.17 bits per heavy atom. The second-order valence-electron chi connectivity index (χ2n) is 26.1. The van der Waals surface area contributed by atoms with E-state index in [1.807, 2.05) is 11.3 Å². The van der Waals surface area contributed by atoms with E-state index in [-0.39, 0.29) is 23.0 Å². The van der Waals surface area contributed by atoms with Gasteiger partial charge < -0.3 is 14.2 Å². The average Bonchev–Trinajstić information content (AvgIpc) is 2.45. The maximum atomic E-state index is 7.02. The molecule has 0 spiro atoms. The number of hydrogen-bond acceptors (Lipinski definition) is 4. The number of rotatable bonds is 6. The van der Waals surface area contributed by atoms with Crippen molar-refractivity contribution in [2.75, 3.05) is 9.80 Å². The van der Waals surface area contributed by atoms with Gasteiger partial charge >= 0.3 is 0 Å². The van der Waals surface area contributed by atoms with E-state index in [0.717, 1.165) is 39.0 Å². The highest BCUT2D eigenvalue weighted by molar-refractivity contribution is 7.26. The quantitative estimate of drug-likeness (QED) is 0.155. The fourth-order valence-electron chi connectivity index (χ4n) is 13.3. The molecule has 2 aliphatic heterocycles. The topological polar surface area (TPSA) is 19.6 Å². The molecule has 11 aromatic carbocycles. The third-order valence-corrected chi connectivity index (χ3v) is 18.8. The van der Waals surface area contributed by atoms with E-state index in [9.17, 15) is 0 Å². The van der Waals surface area contributed by atoms with E-state index in [4.69, 9.17) is 4.42 Å². The van der Waals surface area contributed by atoms with E-state index in [2.05, 4.69) is 303 Å². The predicted molar refractivity (Wildman–Crippen MR) is 358 cm³/mol. The lowest BCUT2D eigenvalue weighted by Gasteiger charge is -2.46. The van der Waals surface area contributed by atoms with Crippen molar-refractivity contribution >= 4 is 111 Å². The summed E-state index contributed by atoms with van der Waals surface area (Å²) in [5.74, 6) is 0. The van der Waals surface area contributed by atoms with Crippen LogP contribution in [0.1, 0.15) is 79.0 Å². The minimum atomic E-state index is -0.266. The Kier molecular flexibility index (Phi) is 11.6. The summed E-state index contributed by atoms with van der Waals surface area (Å²) in [4.78, 5) is 5.41. The van der Waals surface area contributed by atoms with Crippen molar-refractivity contribution in [2.24, 2.45) is 0 Å². The van der Waals surface area contributed by atoms with Crippen LogP contribution in [0.5, 0.6) is 0 Å². The van der Waals surface area contributed by atoms with Gasteiger partial charge in [0.2, 0.25) is 0 Å². The molecule has 4 heterocycles. The van der Waals surface area contributed by atoms with E-state index in [0.29, 0.717) is 0 Å². The highest BCUT2D eigenvalue weighted by atomic mass is 32.1. The van der Waals surface area contributed by atoms with Crippen molar-refractivity contribution in [3.63, 3.8) is 0 Å². The van der Waals surface area contributed by atoms with Gasteiger partial charge in [-0.2, -0.15) is 0 Å². The van der Waals surface area contributed by atoms with Crippen molar-refractivity contribution in [3.05, 3.63) is 247 Å². The highest BCUT2D eigenvalue weighted by Crippen LogP contribution is 2.56. The summed E-state index contributed by atoms with van der Waals surface area (Å²) in [7, 11) is 0. The second kappa shape index (κ2) is 18.8. The van der Waals surface area contributed by atoms with E-state index < -0.39 is 0 Å². The monoisotopic (exact) mass is 1090 g/mol. The minimum Gasteiger partial charge on any atom is -0.456 e. The maximum Gasteiger partial charge on any atom is 0.252 e. The van der Waals surface area contributed by atoms with Crippen molar-refractivity contribution in [1.29, 1.82) is 0 Å². The van der Waals surface area contributed by atoms with Crippen LogP contribution in [0.4, 0.5) is 34.1 Å². The van der Waals surface area contributed by atoms with Gasteiger partial charge in [0.15, 0.2) is 0 Å². The lowest BCUT2D eigenvalue weighted by Crippen LogP contribution is -2.61. The lowest BCUT2D eigenvalue weighted by atomic mass is 9.33. The Bertz CT molecular complexity index is 4320. The second-order valence-corrected chi connectivity index (χ2v) is 27.2. The molecule has 2 aromatic heterocycles. The molecule has 15 rings (SSSR count). The molecule has 0 aliphatic carbocycles. The summed E-state index contributed by atoms with van der Waals surface area (Å²) >= 11 is 1.90. The lowest BCUT2D eigenvalue weighted by molar-refractivity contribution is 0.590. The molecule has 0 unspecified atom stereocenters. The Morgan fingerprint density at radius 2 is 0.711 bits per heavy atom. The van der Waals surface area contributed by atoms with Crippen LogP contribution in [0.15, 0.2) is 235 Å². The van der Waals surface area contributed by atoms with Crippen molar-refractivity contribution in [2.45, 2.75) is 78.6 Å². The fraction of sp³-hybridized carbons (Fsp3) is 0.154. The first-order chi connectivity index (χ1) is 40.1. The van der Waals surface area contributed by atoms with E-state index >= 15 is 0 Å². The van der Waals surface area contributed by atoms with Gasteiger partial charge in [0, 0.05) is 75.9 Å². The molecular weight excluding hydrogens is 1020 g/mol. The van der Waals surface area contributed by atoms with Crippen LogP contribution in [0, 0.1) is 0 Å². The first-order valence-corrected chi connectivity index (χ1v) is 30.2. The van der Waals surface area contributed by atoms with Gasteiger partial charge in [-0.05, 0) is 144 Å². The molecule has 0 fully saturated rings. The predicted octanol–water partition coefficient (Wildman–Crippen LogP) is 20.6. The van der Waals surface area contributed by atoms with Gasteiger partial charge in [-0.3, -0.25) is 0 Å². The first kappa shape index (κ1) is 51.0. The average molecular weight is 1090 g/mol. The molecule has 83 heavy (non-hydrogen) atoms. The van der Waals surface area contributed by atoms with Gasteiger partial charge in [0.1, 0.15) is 11.2 Å². The summed E-state index contributed by atoms with van der Waals surface area (Å²) in [5, 5.41) is 4.76. The van der Waals surface area contributed by atoms with Crippen LogP contribution in [0.3, 0.4) is 0 Å². The van der Waals surface area contributed by atoms with Gasteiger partial charge in [-0.1, -0.05) is 220 Å². The zero-order chi connectivity index (χ0) is 56.7. The van der Waals surface area contributed by atoms with Crippen molar-refractivity contribution < 1.29 is 4.42 Å². The smallest absolute Gasteiger partial charge is 0.252 e. The SMILES string of the molecule is CC(C)(C)c1cc(-c2ccccc2)c(N2c3cc4c(cc3B3c5cc6sc7ccccc7c6cc5N(c5c(-c6ccccc6)cc(C(C)(C)C)cc5-c5ccccc5)c5cc(C(C)(C)C)cc2c53)oc2ccccc24)c(-c2ccccc2)c1. The number of hydrogen-bond donors (Lipinski definition) is 0. The Morgan fingerprint density at radius 1 is 0.325 bits per heavy atom. The van der Waals surface area contributed by atoms with Crippen LogP contribution in [-0.2, 0) is 16.2 Å². The van der Waals surface area contributed by atoms with Crippen molar-refractivity contribution in [3.8, 4) is 44.5 Å². The van der Waals surface area contributed by atoms with Gasteiger partial charge in [-0.25, -0.2) is 0 Å². The van der Waals surface area contributed by atoms with E-state index in [1.165, 1.54) is 115 Å². The molecule has 0 radical (unpaired) electrons. The zero-order valence-electron chi connectivity index (χ0n) is 48.7. The number of benzene rings is 11. The first-order valence-electron chi connectivity index (χ1n) is 29.3. The molecule has 2 aliphatic rings. The normalized spacial score (nSPS) is 13.3. The summed E-state index contributed by atoms with van der Waals surface area (Å²) < 4.78 is 9.59. The number of nitrogens with zero attached hydrogens (tertiary/aromatic N) is 2. The van der Waals surface area contributed by atoms with Gasteiger partial charge in [0.25, 0.3) is 6.71 Å². The summed E-state index contributed by atoms with van der Waals surface area (Å²) in [6, 6.07) is 87.2. The Hall–Kier alpha value is -8.90. The zero-order valence-corrected chi connectivity index (χ0v) is 49.5. The summed E-state index contributed by atoms with van der Waals surface area (Å²) in [6.45, 7) is 21.0. The maximum absolute atomic E-state index is 7.02. The molecule has 0 bridgehead atoms. The third kappa shape index (κ3) is 8.29. The van der Waals surface area contributed by atoms with Crippen LogP contribution in [0.2, 0.25) is 0 Å². The molecule has 13 aromatic rings. The van der Waals surface area contributed by atoms with Crippen LogP contribution >= 0.6 is 11.3 Å². The molecular formula is C78H65BN2OS. The number of furan rings is 1. The van der Waals surface area contributed by atoms with Crippen LogP contribution < -0.4 is 26.2 Å². The standard InChI is InChI=1S/C78H65BN2OS/c1-76(2,3)52-38-57(48-26-14-10-15-27-48)74(58(39-52)49-28-16-11-17-29-49)80-65-44-61-55-34-22-24-36-69(55)82-70(61)46-63(65)79-64-47-72-62(56-35-23-25-37-71(56)83-72)45-66(64)81(68-43-54(78(7,8)9)42-67(80)73(68)79)75-59(50-30-18-12-19-31-50)40-53(77(4,5)6)41-60(75)51-32-20-13-21-33-51/h10-47H,1-9H3. The molecule has 3 nitrogen and oxygen atoms in total. The van der Waals surface area contributed by atoms with Crippen molar-refractivity contribution in [1.82, 2.24) is 0 Å². The number of para-hydroxylation sites is 1. The minimum absolute atomic E-state index is 0.148. The Balaban J connectivity index is 1.17. The number of thiophene rings is 1. The highest BCUT2D eigenvalue weighted by Gasteiger charge is 2.47. The molecule has 0 saturated heterocycles.